The molecule has 4 aliphatic rings. The minimum absolute atomic E-state index is 0.0142. The lowest BCUT2D eigenvalue weighted by atomic mass is 9.79. The largest absolute Gasteiger partial charge is 0.471 e. The molecule has 3 aliphatic heterocycles. The normalized spacial score (nSPS) is 44.1. The third-order valence-electron chi connectivity index (χ3n) is 8.73. The first-order valence-electron chi connectivity index (χ1n) is 13.5. The molecule has 3 fully saturated rings. The predicted octanol–water partition coefficient (Wildman–Crippen LogP) is -1.63. The molecule has 14 atom stereocenters. The fourth-order valence-electron chi connectivity index (χ4n) is 6.39. The molecule has 0 bridgehead atoms. The van der Waals surface area contributed by atoms with Crippen LogP contribution in [0.2, 0.25) is 0 Å². The molecule has 14 unspecified atom stereocenters. The zero-order valence-electron chi connectivity index (χ0n) is 22.8. The number of ether oxygens (including phenoxy) is 6. The summed E-state index contributed by atoms with van der Waals surface area (Å²) in [6.07, 6.45) is -7.46. The van der Waals surface area contributed by atoms with Gasteiger partial charge in [-0.05, 0) is 12.3 Å². The van der Waals surface area contributed by atoms with Crippen molar-refractivity contribution >= 4 is 18.2 Å². The third-order valence-corrected chi connectivity index (χ3v) is 8.73. The second kappa shape index (κ2) is 13.3. The van der Waals surface area contributed by atoms with Gasteiger partial charge in [0.15, 0.2) is 12.6 Å². The average molecular weight is 587 g/mol. The van der Waals surface area contributed by atoms with Gasteiger partial charge in [-0.1, -0.05) is 13.0 Å². The standard InChI is InChI=1S/C27H38O14/c1-4-12-13(5-6-28)15(10-38-26(12)41-27-22(32)21(31)20(30)18(8-29)40-27)24(34)39-17-7-14-16(23(33)36-3)9-37-25(35)19(14)11(17)2/h4,6,10-14,16-22,25-27,29-32,35H,1,5,7-9H2,2-3H3. The van der Waals surface area contributed by atoms with Crippen LogP contribution in [0.3, 0.4) is 0 Å². The summed E-state index contributed by atoms with van der Waals surface area (Å²) in [5.41, 5.74) is 0.0269. The van der Waals surface area contributed by atoms with Gasteiger partial charge in [-0.15, -0.1) is 6.58 Å². The number of hydrogen-bond acceptors (Lipinski definition) is 14. The summed E-state index contributed by atoms with van der Waals surface area (Å²) in [5.74, 6) is -4.65. The molecule has 3 heterocycles. The van der Waals surface area contributed by atoms with Crippen LogP contribution >= 0.6 is 0 Å². The molecule has 4 rings (SSSR count). The Labute approximate surface area is 236 Å². The minimum atomic E-state index is -1.69. The summed E-state index contributed by atoms with van der Waals surface area (Å²) in [5, 5.41) is 50.4. The van der Waals surface area contributed by atoms with Crippen LogP contribution in [0.1, 0.15) is 19.8 Å². The van der Waals surface area contributed by atoms with Crippen molar-refractivity contribution in [1.82, 2.24) is 0 Å². The highest BCUT2D eigenvalue weighted by Gasteiger charge is 2.54. The quantitative estimate of drug-likeness (QED) is 0.117. The molecule has 230 valence electrons. The van der Waals surface area contributed by atoms with Crippen molar-refractivity contribution in [2.45, 2.75) is 69.2 Å². The molecule has 0 spiro atoms. The van der Waals surface area contributed by atoms with Crippen LogP contribution in [-0.4, -0.2) is 113 Å². The first kappa shape index (κ1) is 31.5. The Kier molecular flexibility index (Phi) is 10.2. The molecule has 0 aromatic rings. The monoisotopic (exact) mass is 586 g/mol. The second-order valence-corrected chi connectivity index (χ2v) is 10.9. The van der Waals surface area contributed by atoms with Gasteiger partial charge < -0.3 is 58.7 Å². The molecular weight excluding hydrogens is 548 g/mol. The molecule has 0 radical (unpaired) electrons. The summed E-state index contributed by atoms with van der Waals surface area (Å²) < 4.78 is 32.9. The predicted molar refractivity (Wildman–Crippen MR) is 134 cm³/mol. The van der Waals surface area contributed by atoms with E-state index in [1.54, 1.807) is 6.92 Å². The van der Waals surface area contributed by atoms with Gasteiger partial charge in [0, 0.05) is 30.1 Å². The lowest BCUT2D eigenvalue weighted by Gasteiger charge is -2.43. The molecule has 5 N–H and O–H groups in total. The first-order valence-corrected chi connectivity index (χ1v) is 13.5. The Morgan fingerprint density at radius 2 is 1.88 bits per heavy atom. The average Bonchev–Trinajstić information content (AvgIpc) is 3.29. The molecule has 1 saturated carbocycles. The molecule has 41 heavy (non-hydrogen) atoms. The van der Waals surface area contributed by atoms with Gasteiger partial charge in [-0.3, -0.25) is 4.79 Å². The van der Waals surface area contributed by atoms with Crippen LogP contribution in [-0.2, 0) is 42.8 Å². The maximum atomic E-state index is 13.4. The van der Waals surface area contributed by atoms with E-state index < -0.39 is 91.6 Å². The van der Waals surface area contributed by atoms with E-state index in [2.05, 4.69) is 6.58 Å². The fourth-order valence-corrected chi connectivity index (χ4v) is 6.39. The second-order valence-electron chi connectivity index (χ2n) is 10.9. The number of hydrogen-bond donors (Lipinski definition) is 5. The summed E-state index contributed by atoms with van der Waals surface area (Å²) in [6.45, 7) is 4.88. The molecular formula is C27H38O14. The van der Waals surface area contributed by atoms with Crippen LogP contribution < -0.4 is 0 Å². The summed E-state index contributed by atoms with van der Waals surface area (Å²) >= 11 is 0. The topological polar surface area (TPSA) is 208 Å². The molecule has 0 amide bonds. The van der Waals surface area contributed by atoms with Crippen molar-refractivity contribution in [3.8, 4) is 0 Å². The maximum absolute atomic E-state index is 13.4. The Hall–Kier alpha value is -2.43. The Bertz CT molecular complexity index is 998. The van der Waals surface area contributed by atoms with Crippen molar-refractivity contribution in [2.75, 3.05) is 20.3 Å². The fraction of sp³-hybridized carbons (Fsp3) is 0.741. The molecule has 14 nitrogen and oxygen atoms in total. The first-order chi connectivity index (χ1) is 19.6. The highest BCUT2D eigenvalue weighted by atomic mass is 16.8. The lowest BCUT2D eigenvalue weighted by Crippen LogP contribution is -2.60. The molecule has 0 aromatic carbocycles. The Balaban J connectivity index is 1.50. The summed E-state index contributed by atoms with van der Waals surface area (Å²) in [6, 6.07) is 0. The Morgan fingerprint density at radius 3 is 2.51 bits per heavy atom. The highest BCUT2D eigenvalue weighted by molar-refractivity contribution is 5.89. The van der Waals surface area contributed by atoms with Gasteiger partial charge in [-0.25, -0.2) is 4.79 Å². The van der Waals surface area contributed by atoms with Gasteiger partial charge in [0.25, 0.3) is 0 Å². The van der Waals surface area contributed by atoms with E-state index in [4.69, 9.17) is 28.4 Å². The van der Waals surface area contributed by atoms with Gasteiger partial charge in [0.1, 0.15) is 36.8 Å². The van der Waals surface area contributed by atoms with E-state index in [9.17, 15) is 39.9 Å². The van der Waals surface area contributed by atoms with E-state index in [0.717, 1.165) is 6.26 Å². The number of carbonyl (C=O) groups is 3. The minimum Gasteiger partial charge on any atom is -0.471 e. The van der Waals surface area contributed by atoms with Gasteiger partial charge in [-0.2, -0.15) is 0 Å². The third kappa shape index (κ3) is 6.06. The van der Waals surface area contributed by atoms with E-state index >= 15 is 0 Å². The van der Waals surface area contributed by atoms with E-state index in [0.29, 0.717) is 6.29 Å². The maximum Gasteiger partial charge on any atom is 0.337 e. The van der Waals surface area contributed by atoms with E-state index in [-0.39, 0.29) is 36.9 Å². The smallest absolute Gasteiger partial charge is 0.337 e. The number of aliphatic hydroxyl groups excluding tert-OH is 5. The van der Waals surface area contributed by atoms with Gasteiger partial charge >= 0.3 is 11.9 Å². The number of methoxy groups -OCH3 is 1. The zero-order chi connectivity index (χ0) is 30.0. The van der Waals surface area contributed by atoms with Crippen molar-refractivity contribution in [3.63, 3.8) is 0 Å². The van der Waals surface area contributed by atoms with Crippen LogP contribution in [0.25, 0.3) is 0 Å². The van der Waals surface area contributed by atoms with Gasteiger partial charge in [0.2, 0.25) is 6.29 Å². The zero-order valence-corrected chi connectivity index (χ0v) is 22.8. The summed E-state index contributed by atoms with van der Waals surface area (Å²) in [7, 11) is 1.27. The van der Waals surface area contributed by atoms with Crippen molar-refractivity contribution in [2.24, 2.45) is 35.5 Å². The highest BCUT2D eigenvalue weighted by Crippen LogP contribution is 2.48. The van der Waals surface area contributed by atoms with Crippen molar-refractivity contribution in [1.29, 1.82) is 0 Å². The van der Waals surface area contributed by atoms with E-state index in [1.807, 2.05) is 0 Å². The Morgan fingerprint density at radius 1 is 1.15 bits per heavy atom. The summed E-state index contributed by atoms with van der Waals surface area (Å²) in [4.78, 5) is 37.3. The molecule has 2 saturated heterocycles. The molecule has 0 aromatic heterocycles. The number of fused-ring (bicyclic) bond motifs is 1. The van der Waals surface area contributed by atoms with Crippen LogP contribution in [0, 0.1) is 35.5 Å². The van der Waals surface area contributed by atoms with Crippen LogP contribution in [0.5, 0.6) is 0 Å². The number of aliphatic hydroxyl groups is 5. The van der Waals surface area contributed by atoms with Crippen molar-refractivity contribution in [3.05, 3.63) is 24.5 Å². The number of esters is 2. The lowest BCUT2D eigenvalue weighted by molar-refractivity contribution is -0.339. The number of aldehydes is 1. The number of rotatable bonds is 9. The van der Waals surface area contributed by atoms with E-state index in [1.165, 1.54) is 13.2 Å². The van der Waals surface area contributed by atoms with Crippen LogP contribution in [0.4, 0.5) is 0 Å². The molecule has 1 aliphatic carbocycles. The van der Waals surface area contributed by atoms with Crippen molar-refractivity contribution < 1.29 is 68.3 Å². The van der Waals surface area contributed by atoms with Gasteiger partial charge in [0.05, 0.1) is 38.1 Å². The van der Waals surface area contributed by atoms with Crippen LogP contribution in [0.15, 0.2) is 24.5 Å². The number of carbonyl (C=O) groups excluding carboxylic acids is 3. The molecule has 14 heteroatoms. The SMILES string of the molecule is C=CC1C(OC2OC(CO)C(O)C(O)C2O)OC=C(C(=O)OC2CC3C(C(=O)OC)COC(O)C3C2C)C1CC=O.